The van der Waals surface area contributed by atoms with Crippen LogP contribution in [0.1, 0.15) is 69.7 Å². The third-order valence-electron chi connectivity index (χ3n) is 11.6. The van der Waals surface area contributed by atoms with E-state index in [0.29, 0.717) is 36.1 Å². The summed E-state index contributed by atoms with van der Waals surface area (Å²) in [6.07, 6.45) is 3.30. The van der Waals surface area contributed by atoms with Crippen molar-refractivity contribution in [2.75, 3.05) is 36.0 Å². The van der Waals surface area contributed by atoms with Crippen LogP contribution in [0.4, 0.5) is 11.4 Å². The van der Waals surface area contributed by atoms with E-state index in [-0.39, 0.29) is 18.9 Å². The molecule has 2 N–H and O–H groups in total. The van der Waals surface area contributed by atoms with Crippen LogP contribution in [0.25, 0.3) is 0 Å². The number of esters is 1. The van der Waals surface area contributed by atoms with Crippen LogP contribution in [0.15, 0.2) is 110 Å². The SMILES string of the molecule is C=CCCC(=O)N[C@@H](C)[C@H](OC(=O)[C@@H]1[C@H]2C(=O)N([C@H](CO)c3ccccc3)[C@H](C(=O)N(CC=C)c3ccc(N(CC)CC)cc3)[C@]23CC[C@H]1O3)c1ccccc1. The quantitative estimate of drug-likeness (QED) is 0.121. The summed E-state index contributed by atoms with van der Waals surface area (Å²) in [4.78, 5) is 63.0. The van der Waals surface area contributed by atoms with Crippen LogP contribution >= 0.6 is 0 Å². The van der Waals surface area contributed by atoms with E-state index in [1.165, 1.54) is 4.90 Å². The lowest BCUT2D eigenvalue weighted by Crippen LogP contribution is -2.57. The maximum Gasteiger partial charge on any atom is 0.313 e. The number of carbonyl (C=O) groups excluding carboxylic acids is 4. The highest BCUT2D eigenvalue weighted by atomic mass is 16.6. The highest BCUT2D eigenvalue weighted by Crippen LogP contribution is 2.60. The Balaban J connectivity index is 1.38. The van der Waals surface area contributed by atoms with E-state index in [1.54, 1.807) is 24.0 Å². The number of hydrogen-bond acceptors (Lipinski definition) is 8. The van der Waals surface area contributed by atoms with Crippen molar-refractivity contribution in [3.8, 4) is 0 Å². The molecule has 3 heterocycles. The average molecular weight is 763 g/mol. The number of likely N-dealkylation sites (tertiary alicyclic amines) is 1. The van der Waals surface area contributed by atoms with Crippen molar-refractivity contribution in [2.24, 2.45) is 11.8 Å². The van der Waals surface area contributed by atoms with Gasteiger partial charge in [0.15, 0.2) is 0 Å². The molecule has 3 amide bonds. The fourth-order valence-electron chi connectivity index (χ4n) is 8.98. The molecule has 3 aromatic rings. The zero-order valence-electron chi connectivity index (χ0n) is 32.6. The van der Waals surface area contributed by atoms with E-state index in [1.807, 2.05) is 84.9 Å². The molecule has 0 aromatic heterocycles. The predicted octanol–water partition coefficient (Wildman–Crippen LogP) is 5.92. The molecule has 11 heteroatoms. The molecule has 0 saturated carbocycles. The minimum absolute atomic E-state index is 0.155. The zero-order chi connectivity index (χ0) is 40.0. The number of rotatable bonds is 18. The summed E-state index contributed by atoms with van der Waals surface area (Å²) in [7, 11) is 0. The molecule has 3 aliphatic heterocycles. The van der Waals surface area contributed by atoms with E-state index in [4.69, 9.17) is 9.47 Å². The molecular weight excluding hydrogens is 709 g/mol. The van der Waals surface area contributed by atoms with E-state index in [9.17, 15) is 14.7 Å². The lowest BCUT2D eigenvalue weighted by Gasteiger charge is -2.39. The Morgan fingerprint density at radius 2 is 1.59 bits per heavy atom. The minimum Gasteiger partial charge on any atom is -0.455 e. The van der Waals surface area contributed by atoms with Crippen LogP contribution in [-0.4, -0.2) is 83.7 Å². The van der Waals surface area contributed by atoms with E-state index in [0.717, 1.165) is 18.8 Å². The van der Waals surface area contributed by atoms with Crippen LogP contribution in [0.3, 0.4) is 0 Å². The molecule has 2 bridgehead atoms. The molecule has 11 nitrogen and oxygen atoms in total. The number of benzene rings is 3. The second-order valence-electron chi connectivity index (χ2n) is 14.8. The summed E-state index contributed by atoms with van der Waals surface area (Å²) in [6.45, 7) is 14.9. The Bertz CT molecular complexity index is 1870. The number of hydrogen-bond donors (Lipinski definition) is 2. The number of nitrogens with one attached hydrogen (secondary N) is 1. The number of allylic oxidation sites excluding steroid dienone is 1. The van der Waals surface area contributed by atoms with Crippen LogP contribution in [-0.2, 0) is 28.7 Å². The molecule has 0 unspecified atom stereocenters. The molecule has 1 spiro atoms. The van der Waals surface area contributed by atoms with Crippen molar-refractivity contribution in [1.82, 2.24) is 10.2 Å². The van der Waals surface area contributed by atoms with Gasteiger partial charge in [-0.1, -0.05) is 72.8 Å². The van der Waals surface area contributed by atoms with Crippen molar-refractivity contribution in [3.05, 3.63) is 121 Å². The standard InChI is InChI=1S/C45H54N4O7/c1-6-10-21-37(51)46-30(5)40(32-19-15-12-16-20-32)55-44(54)38-36-26-27-45(56-36)39(38)42(52)49(35(29-50)31-17-13-11-14-18-31)41(45)43(53)48(28-7-2)34-24-22-33(23-25-34)47(8-3)9-4/h6-7,11-20,22-25,30,35-36,38-41,50H,1-2,8-10,21,26-29H2,3-5H3,(H,46,51)/t30-,35+,36+,38-,39-,40-,41+,45-/m0/s1. The first-order valence-corrected chi connectivity index (χ1v) is 19.7. The van der Waals surface area contributed by atoms with Gasteiger partial charge in [-0.2, -0.15) is 0 Å². The normalized spacial score (nSPS) is 23.8. The summed E-state index contributed by atoms with van der Waals surface area (Å²) in [5, 5.41) is 13.9. The molecule has 3 aliphatic rings. The van der Waals surface area contributed by atoms with Crippen molar-refractivity contribution in [1.29, 1.82) is 0 Å². The molecule has 56 heavy (non-hydrogen) atoms. The molecule has 0 aliphatic carbocycles. The van der Waals surface area contributed by atoms with Crippen LogP contribution < -0.4 is 15.1 Å². The molecule has 3 saturated heterocycles. The summed E-state index contributed by atoms with van der Waals surface area (Å²) in [5.41, 5.74) is 1.61. The van der Waals surface area contributed by atoms with Crippen molar-refractivity contribution < 1.29 is 33.8 Å². The Labute approximate surface area is 329 Å². The van der Waals surface area contributed by atoms with Crippen LogP contribution in [0, 0.1) is 11.8 Å². The first-order chi connectivity index (χ1) is 27.1. The van der Waals surface area contributed by atoms with Gasteiger partial charge in [-0.15, -0.1) is 13.2 Å². The maximum atomic E-state index is 15.3. The van der Waals surface area contributed by atoms with Crippen LogP contribution in [0.5, 0.6) is 0 Å². The molecular formula is C45H54N4O7. The van der Waals surface area contributed by atoms with E-state index >= 15 is 9.59 Å². The second kappa shape index (κ2) is 17.7. The fraction of sp³-hybridized carbons (Fsp3) is 0.422. The number of aliphatic hydroxyl groups is 1. The predicted molar refractivity (Wildman–Crippen MR) is 216 cm³/mol. The highest BCUT2D eigenvalue weighted by molar-refractivity contribution is 6.05. The van der Waals surface area contributed by atoms with Gasteiger partial charge in [0.25, 0.3) is 5.91 Å². The van der Waals surface area contributed by atoms with Crippen molar-refractivity contribution in [2.45, 2.75) is 82.4 Å². The van der Waals surface area contributed by atoms with E-state index < -0.39 is 72.2 Å². The largest absolute Gasteiger partial charge is 0.455 e. The number of amides is 3. The van der Waals surface area contributed by atoms with Crippen molar-refractivity contribution in [3.63, 3.8) is 0 Å². The molecule has 296 valence electrons. The maximum absolute atomic E-state index is 15.3. The molecule has 6 rings (SSSR count). The van der Waals surface area contributed by atoms with Gasteiger partial charge in [0, 0.05) is 37.4 Å². The Hall–Kier alpha value is -5.26. The number of carbonyl (C=O) groups is 4. The summed E-state index contributed by atoms with van der Waals surface area (Å²) in [6, 6.07) is 23.3. The number of anilines is 2. The zero-order valence-corrected chi connectivity index (χ0v) is 32.6. The van der Waals surface area contributed by atoms with Crippen LogP contribution in [0.2, 0.25) is 0 Å². The summed E-state index contributed by atoms with van der Waals surface area (Å²) < 4.78 is 13.1. The van der Waals surface area contributed by atoms with Crippen molar-refractivity contribution >= 4 is 35.1 Å². The molecule has 3 fully saturated rings. The van der Waals surface area contributed by atoms with Gasteiger partial charge in [-0.25, -0.2) is 0 Å². The first kappa shape index (κ1) is 40.4. The topological polar surface area (TPSA) is 129 Å². The number of nitrogens with zero attached hydrogens (tertiary/aromatic N) is 3. The fourth-order valence-corrected chi connectivity index (χ4v) is 8.98. The van der Waals surface area contributed by atoms with Gasteiger partial charge >= 0.3 is 5.97 Å². The van der Waals surface area contributed by atoms with E-state index in [2.05, 4.69) is 37.2 Å². The summed E-state index contributed by atoms with van der Waals surface area (Å²) >= 11 is 0. The first-order valence-electron chi connectivity index (χ1n) is 19.7. The average Bonchev–Trinajstić information content (AvgIpc) is 3.87. The molecule has 8 atom stereocenters. The smallest absolute Gasteiger partial charge is 0.313 e. The molecule has 3 aromatic carbocycles. The Kier molecular flexibility index (Phi) is 12.8. The summed E-state index contributed by atoms with van der Waals surface area (Å²) in [5.74, 6) is -3.76. The third-order valence-corrected chi connectivity index (χ3v) is 11.6. The Morgan fingerprint density at radius 3 is 2.18 bits per heavy atom. The monoisotopic (exact) mass is 762 g/mol. The number of fused-ring (bicyclic) bond motifs is 1. The Morgan fingerprint density at radius 1 is 0.964 bits per heavy atom. The van der Waals surface area contributed by atoms with Gasteiger partial charge in [0.2, 0.25) is 11.8 Å². The van der Waals surface area contributed by atoms with Gasteiger partial charge in [-0.05, 0) is 75.4 Å². The van der Waals surface area contributed by atoms with Gasteiger partial charge in [0.1, 0.15) is 17.7 Å². The number of ether oxygens (including phenoxy) is 2. The molecule has 0 radical (unpaired) electrons. The minimum atomic E-state index is -1.36. The van der Waals surface area contributed by atoms with Gasteiger partial charge in [-0.3, -0.25) is 19.2 Å². The third kappa shape index (κ3) is 7.62. The van der Waals surface area contributed by atoms with Gasteiger partial charge in [0.05, 0.1) is 36.6 Å². The second-order valence-corrected chi connectivity index (χ2v) is 14.8. The lowest BCUT2D eigenvalue weighted by atomic mass is 9.70. The lowest BCUT2D eigenvalue weighted by molar-refractivity contribution is -0.162. The highest BCUT2D eigenvalue weighted by Gasteiger charge is 2.76. The van der Waals surface area contributed by atoms with Gasteiger partial charge < -0.3 is 34.6 Å². The number of aliphatic hydroxyl groups excluding tert-OH is 1.